The van der Waals surface area contributed by atoms with Crippen LogP contribution in [0.25, 0.3) is 0 Å². The van der Waals surface area contributed by atoms with Crippen LogP contribution in [0, 0.1) is 0 Å². The second-order valence-electron chi connectivity index (χ2n) is 4.91. The Labute approximate surface area is 134 Å². The largest absolute Gasteiger partial charge is 0.480 e. The Bertz CT molecular complexity index is 670. The number of rotatable bonds is 3. The molecule has 0 radical (unpaired) electrons. The number of hydrogen-bond donors (Lipinski definition) is 0. The van der Waals surface area contributed by atoms with Crippen LogP contribution in [0.3, 0.4) is 0 Å². The molecule has 6 nitrogen and oxygen atoms in total. The van der Waals surface area contributed by atoms with Crippen molar-refractivity contribution in [2.24, 2.45) is 0 Å². The maximum atomic E-state index is 12.6. The number of halogens is 3. The van der Waals surface area contributed by atoms with Crippen molar-refractivity contribution in [2.75, 3.05) is 43.1 Å². The Hall–Kier alpha value is -2.10. The van der Waals surface area contributed by atoms with E-state index in [1.54, 1.807) is 6.20 Å². The average molecular weight is 345 g/mol. The lowest BCUT2D eigenvalue weighted by atomic mass is 10.3. The molecule has 0 N–H and O–H groups in total. The molecule has 1 saturated heterocycles. The number of hydrogen-bond acceptors (Lipinski definition) is 7. The third kappa shape index (κ3) is 3.46. The monoisotopic (exact) mass is 345 g/mol. The van der Waals surface area contributed by atoms with Crippen LogP contribution in [0.4, 0.5) is 24.1 Å². The molecule has 2 aromatic rings. The van der Waals surface area contributed by atoms with E-state index >= 15 is 0 Å². The maximum absolute atomic E-state index is 12.6. The Morgan fingerprint density at radius 2 is 1.78 bits per heavy atom. The molecule has 124 valence electrons. The van der Waals surface area contributed by atoms with Gasteiger partial charge in [-0.15, -0.1) is 11.3 Å². The van der Waals surface area contributed by atoms with Gasteiger partial charge >= 0.3 is 6.18 Å². The van der Waals surface area contributed by atoms with Gasteiger partial charge in [-0.3, -0.25) is 4.98 Å². The first kappa shape index (κ1) is 15.8. The molecule has 1 fully saturated rings. The summed E-state index contributed by atoms with van der Waals surface area (Å²) in [4.78, 5) is 15.9. The number of thiazole rings is 1. The Kier molecular flexibility index (Phi) is 4.24. The minimum atomic E-state index is -4.40. The van der Waals surface area contributed by atoms with Crippen LogP contribution >= 0.6 is 11.3 Å². The van der Waals surface area contributed by atoms with E-state index in [1.165, 1.54) is 13.3 Å². The first-order valence-corrected chi connectivity index (χ1v) is 7.74. The van der Waals surface area contributed by atoms with Crippen LogP contribution in [-0.2, 0) is 6.18 Å². The van der Waals surface area contributed by atoms with Gasteiger partial charge in [0.25, 0.3) is 0 Å². The van der Waals surface area contributed by atoms with E-state index in [0.717, 1.165) is 16.7 Å². The van der Waals surface area contributed by atoms with Crippen molar-refractivity contribution in [3.05, 3.63) is 23.5 Å². The molecule has 0 spiro atoms. The maximum Gasteiger partial charge on any atom is 0.434 e. The predicted octanol–water partition coefficient (Wildman–Crippen LogP) is 2.29. The molecule has 0 aliphatic carbocycles. The molecule has 23 heavy (non-hydrogen) atoms. The first-order chi connectivity index (χ1) is 11.0. The second kappa shape index (κ2) is 6.19. The van der Waals surface area contributed by atoms with Crippen LogP contribution < -0.4 is 14.5 Å². The minimum absolute atomic E-state index is 0.397. The molecule has 1 aliphatic rings. The molecule has 0 saturated carbocycles. The average Bonchev–Trinajstić information content (AvgIpc) is 3.05. The highest BCUT2D eigenvalue weighted by molar-refractivity contribution is 7.13. The van der Waals surface area contributed by atoms with Gasteiger partial charge in [0, 0.05) is 31.6 Å². The summed E-state index contributed by atoms with van der Waals surface area (Å²) in [6.07, 6.45) is -1.23. The van der Waals surface area contributed by atoms with Gasteiger partial charge in [0.2, 0.25) is 5.88 Å². The molecule has 3 heterocycles. The normalized spacial score (nSPS) is 15.8. The summed E-state index contributed by atoms with van der Waals surface area (Å²) in [5.74, 6) is 1.12. The highest BCUT2D eigenvalue weighted by Crippen LogP contribution is 2.33. The zero-order chi connectivity index (χ0) is 16.4. The van der Waals surface area contributed by atoms with Crippen molar-refractivity contribution in [1.82, 2.24) is 15.0 Å². The number of methoxy groups -OCH3 is 1. The second-order valence-corrected chi connectivity index (χ2v) is 5.74. The number of anilines is 2. The summed E-state index contributed by atoms with van der Waals surface area (Å²) in [6, 6.07) is 0. The van der Waals surface area contributed by atoms with Crippen molar-refractivity contribution in [3.8, 4) is 5.88 Å². The van der Waals surface area contributed by atoms with Crippen molar-refractivity contribution in [3.63, 3.8) is 0 Å². The minimum Gasteiger partial charge on any atom is -0.480 e. The zero-order valence-electron chi connectivity index (χ0n) is 12.2. The number of nitrogens with zero attached hydrogens (tertiary/aromatic N) is 5. The van der Waals surface area contributed by atoms with E-state index in [2.05, 4.69) is 15.0 Å². The summed E-state index contributed by atoms with van der Waals surface area (Å²) in [5.41, 5.74) is -0.835. The third-order valence-electron chi connectivity index (χ3n) is 3.47. The molecule has 0 unspecified atom stereocenters. The van der Waals surface area contributed by atoms with Gasteiger partial charge in [-0.2, -0.15) is 18.2 Å². The Morgan fingerprint density at radius 1 is 1.09 bits per heavy atom. The van der Waals surface area contributed by atoms with Crippen LogP contribution in [0.1, 0.15) is 5.69 Å². The highest BCUT2D eigenvalue weighted by Gasteiger charge is 2.34. The van der Waals surface area contributed by atoms with E-state index in [-0.39, 0.29) is 0 Å². The lowest BCUT2D eigenvalue weighted by Crippen LogP contribution is -2.46. The first-order valence-electron chi connectivity index (χ1n) is 6.86. The van der Waals surface area contributed by atoms with E-state index in [0.29, 0.717) is 43.0 Å². The van der Waals surface area contributed by atoms with E-state index in [1.807, 2.05) is 9.80 Å². The van der Waals surface area contributed by atoms with E-state index in [4.69, 9.17) is 4.74 Å². The zero-order valence-corrected chi connectivity index (χ0v) is 13.1. The summed E-state index contributed by atoms with van der Waals surface area (Å²) >= 11 is 1.01. The van der Waals surface area contributed by atoms with Crippen molar-refractivity contribution < 1.29 is 17.9 Å². The standard InChI is InChI=1S/C13H14F3N5OS/c1-22-11-7-17-6-10(19-11)20-2-4-21(5-3-20)12-18-9(8-23-12)13(14,15)16/h6-8H,2-5H2,1H3. The number of aromatic nitrogens is 3. The van der Waals surface area contributed by atoms with Gasteiger partial charge in [-0.25, -0.2) is 4.98 Å². The van der Waals surface area contributed by atoms with Gasteiger partial charge in [-0.1, -0.05) is 0 Å². The molecule has 2 aromatic heterocycles. The van der Waals surface area contributed by atoms with Crippen molar-refractivity contribution >= 4 is 22.3 Å². The van der Waals surface area contributed by atoms with Crippen LogP contribution in [-0.4, -0.2) is 48.2 Å². The fourth-order valence-corrected chi connectivity index (χ4v) is 3.14. The number of piperazine rings is 1. The fourth-order valence-electron chi connectivity index (χ4n) is 2.26. The Balaban J connectivity index is 1.65. The molecule has 0 amide bonds. The van der Waals surface area contributed by atoms with Gasteiger partial charge in [0.05, 0.1) is 19.5 Å². The predicted molar refractivity (Wildman–Crippen MR) is 80.1 cm³/mol. The lowest BCUT2D eigenvalue weighted by Gasteiger charge is -2.35. The highest BCUT2D eigenvalue weighted by atomic mass is 32.1. The lowest BCUT2D eigenvalue weighted by molar-refractivity contribution is -0.140. The van der Waals surface area contributed by atoms with Crippen LogP contribution in [0.15, 0.2) is 17.8 Å². The summed E-state index contributed by atoms with van der Waals surface area (Å²) in [5, 5.41) is 1.45. The molecule has 10 heteroatoms. The van der Waals surface area contributed by atoms with Crippen molar-refractivity contribution in [2.45, 2.75) is 6.18 Å². The third-order valence-corrected chi connectivity index (χ3v) is 4.37. The fraction of sp³-hybridized carbons (Fsp3) is 0.462. The Morgan fingerprint density at radius 3 is 2.39 bits per heavy atom. The van der Waals surface area contributed by atoms with Gasteiger partial charge in [-0.05, 0) is 0 Å². The van der Waals surface area contributed by atoms with Gasteiger partial charge < -0.3 is 14.5 Å². The molecule has 1 aliphatic heterocycles. The van der Waals surface area contributed by atoms with Crippen molar-refractivity contribution in [1.29, 1.82) is 0 Å². The topological polar surface area (TPSA) is 54.4 Å². The van der Waals surface area contributed by atoms with Crippen LogP contribution in [0.5, 0.6) is 5.88 Å². The molecular formula is C13H14F3N5OS. The van der Waals surface area contributed by atoms with E-state index < -0.39 is 11.9 Å². The summed E-state index contributed by atoms with van der Waals surface area (Å²) in [7, 11) is 1.52. The molecule has 0 aromatic carbocycles. The number of alkyl halides is 3. The molecule has 0 atom stereocenters. The molecule has 0 bridgehead atoms. The van der Waals surface area contributed by atoms with E-state index in [9.17, 15) is 13.2 Å². The molecule has 3 rings (SSSR count). The smallest absolute Gasteiger partial charge is 0.434 e. The number of ether oxygens (including phenoxy) is 1. The van der Waals surface area contributed by atoms with Gasteiger partial charge in [0.15, 0.2) is 16.6 Å². The summed E-state index contributed by atoms with van der Waals surface area (Å²) < 4.78 is 42.9. The quantitative estimate of drug-likeness (QED) is 0.851. The van der Waals surface area contributed by atoms with Crippen LogP contribution in [0.2, 0.25) is 0 Å². The van der Waals surface area contributed by atoms with Gasteiger partial charge in [0.1, 0.15) is 0 Å². The summed E-state index contributed by atoms with van der Waals surface area (Å²) in [6.45, 7) is 2.40. The molecular weight excluding hydrogens is 331 g/mol. The SMILES string of the molecule is COc1cncc(N2CCN(c3nc(C(F)(F)F)cs3)CC2)n1.